The fourth-order valence-electron chi connectivity index (χ4n) is 1.45. The van der Waals surface area contributed by atoms with Crippen molar-refractivity contribution in [1.82, 2.24) is 4.98 Å². The van der Waals surface area contributed by atoms with E-state index in [1.165, 1.54) is 12.1 Å². The van der Waals surface area contributed by atoms with Gasteiger partial charge in [0.2, 0.25) is 0 Å². The van der Waals surface area contributed by atoms with Crippen LogP contribution in [0.3, 0.4) is 0 Å². The topological polar surface area (TPSA) is 56.0 Å². The molecule has 5 heteroatoms. The van der Waals surface area contributed by atoms with E-state index in [-0.39, 0.29) is 22.7 Å². The highest BCUT2D eigenvalue weighted by Crippen LogP contribution is 2.20. The van der Waals surface area contributed by atoms with Crippen LogP contribution >= 0.6 is 15.9 Å². The molecule has 0 atom stereocenters. The molecule has 1 heterocycles. The van der Waals surface area contributed by atoms with Gasteiger partial charge < -0.3 is 5.73 Å². The lowest BCUT2D eigenvalue weighted by atomic mass is 10.1. The molecule has 0 spiro atoms. The second-order valence-electron chi connectivity index (χ2n) is 3.32. The molecular formula is C11H8BrFN2O. The van der Waals surface area contributed by atoms with E-state index in [0.29, 0.717) is 16.5 Å². The maximum Gasteiger partial charge on any atom is 0.177 e. The molecule has 1 aromatic carbocycles. The third-order valence-electron chi connectivity index (χ3n) is 2.23. The minimum atomic E-state index is -0.376. The standard InChI is InChI=1S/C11H8BrFN2O/c12-5-10(16)8-3-6-1-2-7(13)4-9(6)15-11(8)14/h1-4H,5H2,(H2,14,15). The number of carbonyl (C=O) groups excluding carboxylic acids is 1. The van der Waals surface area contributed by atoms with E-state index in [1.54, 1.807) is 12.1 Å². The van der Waals surface area contributed by atoms with Crippen molar-refractivity contribution in [2.45, 2.75) is 0 Å². The normalized spacial score (nSPS) is 10.6. The number of ketones is 1. The summed E-state index contributed by atoms with van der Waals surface area (Å²) in [5.41, 5.74) is 6.44. The van der Waals surface area contributed by atoms with Crippen LogP contribution in [0.25, 0.3) is 10.9 Å². The number of benzene rings is 1. The smallest absolute Gasteiger partial charge is 0.177 e. The number of pyridine rings is 1. The molecule has 3 nitrogen and oxygen atoms in total. The maximum absolute atomic E-state index is 12.9. The Morgan fingerprint density at radius 2 is 2.19 bits per heavy atom. The average Bonchev–Trinajstić information content (AvgIpc) is 2.27. The monoisotopic (exact) mass is 282 g/mol. The Bertz CT molecular complexity index is 571. The zero-order valence-corrected chi connectivity index (χ0v) is 9.79. The number of rotatable bonds is 2. The van der Waals surface area contributed by atoms with E-state index < -0.39 is 0 Å². The summed E-state index contributed by atoms with van der Waals surface area (Å²) in [4.78, 5) is 15.5. The van der Waals surface area contributed by atoms with Gasteiger partial charge in [-0.2, -0.15) is 0 Å². The van der Waals surface area contributed by atoms with E-state index >= 15 is 0 Å². The highest BCUT2D eigenvalue weighted by atomic mass is 79.9. The first-order valence-electron chi connectivity index (χ1n) is 4.57. The Labute approximate surface area is 99.6 Å². The van der Waals surface area contributed by atoms with Crippen LogP contribution in [0.2, 0.25) is 0 Å². The number of hydrogen-bond acceptors (Lipinski definition) is 3. The first kappa shape index (κ1) is 11.0. The number of carbonyl (C=O) groups is 1. The lowest BCUT2D eigenvalue weighted by molar-refractivity contribution is 0.102. The molecule has 0 saturated carbocycles. The summed E-state index contributed by atoms with van der Waals surface area (Å²) in [5.74, 6) is -0.391. The van der Waals surface area contributed by atoms with Crippen LogP contribution in [0.15, 0.2) is 24.3 Å². The Hall–Kier alpha value is -1.49. The molecule has 0 bridgehead atoms. The quantitative estimate of drug-likeness (QED) is 0.680. The fourth-order valence-corrected chi connectivity index (χ4v) is 1.75. The van der Waals surface area contributed by atoms with Crippen LogP contribution in [0.1, 0.15) is 10.4 Å². The van der Waals surface area contributed by atoms with E-state index in [2.05, 4.69) is 20.9 Å². The van der Waals surface area contributed by atoms with Crippen LogP contribution in [0.4, 0.5) is 10.2 Å². The van der Waals surface area contributed by atoms with Crippen LogP contribution in [0.5, 0.6) is 0 Å². The third-order valence-corrected chi connectivity index (χ3v) is 2.74. The van der Waals surface area contributed by atoms with Crippen molar-refractivity contribution in [3.8, 4) is 0 Å². The first-order chi connectivity index (χ1) is 7.61. The molecule has 0 unspecified atom stereocenters. The SMILES string of the molecule is Nc1nc2cc(F)ccc2cc1C(=O)CBr. The highest BCUT2D eigenvalue weighted by molar-refractivity contribution is 9.09. The minimum absolute atomic E-state index is 0.127. The zero-order chi connectivity index (χ0) is 11.7. The Morgan fingerprint density at radius 3 is 2.88 bits per heavy atom. The van der Waals surface area contributed by atoms with Gasteiger partial charge in [-0.15, -0.1) is 0 Å². The number of nitrogens with two attached hydrogens (primary N) is 1. The van der Waals surface area contributed by atoms with E-state index in [1.807, 2.05) is 0 Å². The molecule has 0 radical (unpaired) electrons. The molecule has 0 aliphatic carbocycles. The molecule has 1 aromatic heterocycles. The van der Waals surface area contributed by atoms with E-state index in [9.17, 15) is 9.18 Å². The second kappa shape index (κ2) is 4.17. The summed E-state index contributed by atoms with van der Waals surface area (Å²) in [6, 6.07) is 5.81. The molecule has 0 aliphatic heterocycles. The van der Waals surface area contributed by atoms with Crippen LogP contribution in [0, 0.1) is 5.82 Å². The number of hydrogen-bond donors (Lipinski definition) is 1. The molecule has 82 valence electrons. The maximum atomic E-state index is 12.9. The van der Waals surface area contributed by atoms with Crippen molar-refractivity contribution in [1.29, 1.82) is 0 Å². The first-order valence-corrected chi connectivity index (χ1v) is 5.69. The van der Waals surface area contributed by atoms with Gasteiger partial charge in [-0.05, 0) is 18.2 Å². The average molecular weight is 283 g/mol. The third kappa shape index (κ3) is 1.90. The number of alkyl halides is 1. The summed E-state index contributed by atoms with van der Waals surface area (Å²) < 4.78 is 12.9. The molecule has 2 rings (SSSR count). The fraction of sp³-hybridized carbons (Fsp3) is 0.0909. The van der Waals surface area contributed by atoms with Gasteiger partial charge in [0, 0.05) is 11.5 Å². The zero-order valence-electron chi connectivity index (χ0n) is 8.21. The van der Waals surface area contributed by atoms with Gasteiger partial charge in [0.25, 0.3) is 0 Å². The van der Waals surface area contributed by atoms with Gasteiger partial charge in [-0.1, -0.05) is 15.9 Å². The molecule has 2 N–H and O–H groups in total. The van der Waals surface area contributed by atoms with Crippen molar-refractivity contribution in [3.63, 3.8) is 0 Å². The predicted octanol–water partition coefficient (Wildman–Crippen LogP) is 2.53. The van der Waals surface area contributed by atoms with Crippen LogP contribution in [-0.2, 0) is 0 Å². The van der Waals surface area contributed by atoms with E-state index in [0.717, 1.165) is 0 Å². The molecule has 0 saturated heterocycles. The number of nitrogen functional groups attached to an aromatic ring is 1. The minimum Gasteiger partial charge on any atom is -0.383 e. The molecule has 0 amide bonds. The highest BCUT2D eigenvalue weighted by Gasteiger charge is 2.11. The van der Waals surface area contributed by atoms with Gasteiger partial charge in [0.15, 0.2) is 5.78 Å². The van der Waals surface area contributed by atoms with Crippen molar-refractivity contribution in [2.24, 2.45) is 0 Å². The van der Waals surface area contributed by atoms with Crippen molar-refractivity contribution in [2.75, 3.05) is 11.1 Å². The summed E-state index contributed by atoms with van der Waals surface area (Å²) in [6.07, 6.45) is 0. The second-order valence-corrected chi connectivity index (χ2v) is 3.88. The summed E-state index contributed by atoms with van der Waals surface area (Å²) in [7, 11) is 0. The molecular weight excluding hydrogens is 275 g/mol. The summed E-state index contributed by atoms with van der Waals surface area (Å²) >= 11 is 3.07. The Morgan fingerprint density at radius 1 is 1.44 bits per heavy atom. The number of nitrogens with zero attached hydrogens (tertiary/aromatic N) is 1. The molecule has 0 aliphatic rings. The molecule has 16 heavy (non-hydrogen) atoms. The lowest BCUT2D eigenvalue weighted by Gasteiger charge is -2.04. The van der Waals surface area contributed by atoms with Gasteiger partial charge in [-0.25, -0.2) is 9.37 Å². The molecule has 2 aromatic rings. The molecule has 0 fully saturated rings. The van der Waals surface area contributed by atoms with Crippen LogP contribution in [-0.4, -0.2) is 16.1 Å². The largest absolute Gasteiger partial charge is 0.383 e. The lowest BCUT2D eigenvalue weighted by Crippen LogP contribution is -2.06. The Balaban J connectivity index is 2.67. The Kier molecular flexibility index (Phi) is 2.87. The van der Waals surface area contributed by atoms with E-state index in [4.69, 9.17) is 5.73 Å². The number of Topliss-reactive ketones (excluding diaryl/α,β-unsaturated/α-hetero) is 1. The van der Waals surface area contributed by atoms with Crippen LogP contribution < -0.4 is 5.73 Å². The number of aromatic nitrogens is 1. The summed E-state index contributed by atoms with van der Waals surface area (Å²) in [5, 5.41) is 0.880. The van der Waals surface area contributed by atoms with Crippen molar-refractivity contribution >= 4 is 38.4 Å². The van der Waals surface area contributed by atoms with Gasteiger partial charge in [0.05, 0.1) is 16.4 Å². The van der Waals surface area contributed by atoms with Crippen molar-refractivity contribution < 1.29 is 9.18 Å². The number of halogens is 2. The predicted molar refractivity (Wildman–Crippen MR) is 64.2 cm³/mol. The number of anilines is 1. The van der Waals surface area contributed by atoms with Gasteiger partial charge in [-0.3, -0.25) is 4.79 Å². The summed E-state index contributed by atoms with van der Waals surface area (Å²) in [6.45, 7) is 0. The number of fused-ring (bicyclic) bond motifs is 1. The van der Waals surface area contributed by atoms with Crippen molar-refractivity contribution in [3.05, 3.63) is 35.6 Å². The van der Waals surface area contributed by atoms with Gasteiger partial charge in [0.1, 0.15) is 11.6 Å². The van der Waals surface area contributed by atoms with Gasteiger partial charge >= 0.3 is 0 Å².